The number of hydrogen-bond donors (Lipinski definition) is 1. The Kier molecular flexibility index (Phi) is 3.91. The van der Waals surface area contributed by atoms with Gasteiger partial charge in [0.1, 0.15) is 0 Å². The molecule has 3 heteroatoms. The van der Waals surface area contributed by atoms with Gasteiger partial charge in [-0.15, -0.1) is 0 Å². The predicted molar refractivity (Wildman–Crippen MR) is 65.4 cm³/mol. The highest BCUT2D eigenvalue weighted by Crippen LogP contribution is 2.14. The Morgan fingerprint density at radius 3 is 2.27 bits per heavy atom. The Bertz CT molecular complexity index is 338. The first-order valence-corrected chi connectivity index (χ1v) is 5.71. The number of amides is 1. The molecule has 1 amide bonds. The molecule has 0 aromatic heterocycles. The van der Waals surface area contributed by atoms with Crippen molar-refractivity contribution in [2.45, 2.75) is 27.3 Å². The van der Waals surface area contributed by atoms with Gasteiger partial charge < -0.3 is 5.32 Å². The predicted octanol–water partition coefficient (Wildman–Crippen LogP) is 3.11. The van der Waals surface area contributed by atoms with E-state index in [0.29, 0.717) is 6.54 Å². The van der Waals surface area contributed by atoms with Gasteiger partial charge in [-0.2, -0.15) is 0 Å². The van der Waals surface area contributed by atoms with E-state index in [9.17, 15) is 4.79 Å². The Hall–Kier alpha value is -0.830. The van der Waals surface area contributed by atoms with Crippen LogP contribution in [0.4, 0.5) is 0 Å². The van der Waals surface area contributed by atoms with Crippen LogP contribution in [0, 0.1) is 5.41 Å². The number of carbonyl (C=O) groups is 1. The van der Waals surface area contributed by atoms with Crippen molar-refractivity contribution in [3.63, 3.8) is 0 Å². The third-order valence-corrected chi connectivity index (χ3v) is 2.58. The van der Waals surface area contributed by atoms with Crippen LogP contribution in [0.15, 0.2) is 28.7 Å². The van der Waals surface area contributed by atoms with E-state index in [4.69, 9.17) is 0 Å². The fraction of sp³-hybridized carbons (Fsp3) is 0.417. The molecule has 1 N–H and O–H groups in total. The van der Waals surface area contributed by atoms with Crippen molar-refractivity contribution < 1.29 is 4.79 Å². The van der Waals surface area contributed by atoms with E-state index < -0.39 is 0 Å². The number of benzene rings is 1. The van der Waals surface area contributed by atoms with Crippen LogP contribution in [0.2, 0.25) is 0 Å². The summed E-state index contributed by atoms with van der Waals surface area (Å²) in [6, 6.07) is 7.93. The van der Waals surface area contributed by atoms with Gasteiger partial charge in [0.05, 0.1) is 0 Å². The Balaban J connectivity index is 2.51. The van der Waals surface area contributed by atoms with Crippen molar-refractivity contribution in [3.05, 3.63) is 34.3 Å². The van der Waals surface area contributed by atoms with Gasteiger partial charge >= 0.3 is 0 Å². The minimum Gasteiger partial charge on any atom is -0.352 e. The zero-order chi connectivity index (χ0) is 11.5. The van der Waals surface area contributed by atoms with Crippen molar-refractivity contribution in [2.75, 3.05) is 0 Å². The summed E-state index contributed by atoms with van der Waals surface area (Å²) in [4.78, 5) is 11.6. The number of hydrogen-bond acceptors (Lipinski definition) is 1. The first-order chi connectivity index (χ1) is 6.89. The highest BCUT2D eigenvalue weighted by Gasteiger charge is 2.20. The average molecular weight is 270 g/mol. The van der Waals surface area contributed by atoms with Gasteiger partial charge in [-0.05, 0) is 17.7 Å². The number of halogens is 1. The van der Waals surface area contributed by atoms with Crippen LogP contribution in [0.5, 0.6) is 0 Å². The van der Waals surface area contributed by atoms with E-state index in [0.717, 1.165) is 10.0 Å². The van der Waals surface area contributed by atoms with Crippen LogP contribution in [0.1, 0.15) is 26.3 Å². The number of rotatable bonds is 2. The molecule has 1 rings (SSSR count). The molecule has 1 aromatic carbocycles. The Labute approximate surface area is 99.2 Å². The summed E-state index contributed by atoms with van der Waals surface area (Å²) in [5.41, 5.74) is 0.783. The molecule has 0 radical (unpaired) electrons. The van der Waals surface area contributed by atoms with Gasteiger partial charge in [-0.1, -0.05) is 48.8 Å². The molecular weight excluding hydrogens is 254 g/mol. The monoisotopic (exact) mass is 269 g/mol. The second-order valence-electron chi connectivity index (χ2n) is 4.56. The lowest BCUT2D eigenvalue weighted by molar-refractivity contribution is -0.128. The van der Waals surface area contributed by atoms with Crippen LogP contribution in [0.3, 0.4) is 0 Å². The summed E-state index contributed by atoms with van der Waals surface area (Å²) in [5, 5.41) is 2.90. The zero-order valence-electron chi connectivity index (χ0n) is 9.30. The van der Waals surface area contributed by atoms with Crippen molar-refractivity contribution in [1.82, 2.24) is 5.32 Å². The Morgan fingerprint density at radius 1 is 1.27 bits per heavy atom. The highest BCUT2D eigenvalue weighted by atomic mass is 79.9. The van der Waals surface area contributed by atoms with Gasteiger partial charge in [-0.25, -0.2) is 0 Å². The second kappa shape index (κ2) is 4.79. The summed E-state index contributed by atoms with van der Waals surface area (Å²) in [6.07, 6.45) is 0. The standard InChI is InChI=1S/C12H16BrNO/c1-12(2,3)11(15)14-8-9-4-6-10(13)7-5-9/h4-7H,8H2,1-3H3,(H,14,15). The van der Waals surface area contributed by atoms with E-state index in [1.165, 1.54) is 0 Å². The van der Waals surface area contributed by atoms with Gasteiger partial charge in [0, 0.05) is 16.4 Å². The third kappa shape index (κ3) is 4.04. The minimum absolute atomic E-state index is 0.0745. The Morgan fingerprint density at radius 2 is 1.80 bits per heavy atom. The SMILES string of the molecule is CC(C)(C)C(=O)NCc1ccc(Br)cc1. The van der Waals surface area contributed by atoms with Crippen LogP contribution in [-0.4, -0.2) is 5.91 Å². The maximum absolute atomic E-state index is 11.6. The maximum atomic E-state index is 11.6. The van der Waals surface area contributed by atoms with Crippen molar-refractivity contribution >= 4 is 21.8 Å². The first-order valence-electron chi connectivity index (χ1n) is 4.92. The van der Waals surface area contributed by atoms with Gasteiger partial charge in [0.2, 0.25) is 5.91 Å². The average Bonchev–Trinajstić information content (AvgIpc) is 2.15. The van der Waals surface area contributed by atoms with E-state index in [2.05, 4.69) is 21.2 Å². The third-order valence-electron chi connectivity index (χ3n) is 2.05. The molecule has 2 nitrogen and oxygen atoms in total. The molecule has 0 aliphatic carbocycles. The van der Waals surface area contributed by atoms with Crippen LogP contribution in [-0.2, 0) is 11.3 Å². The molecular formula is C12H16BrNO. The summed E-state index contributed by atoms with van der Waals surface area (Å²) in [6.45, 7) is 6.31. The van der Waals surface area contributed by atoms with Crippen molar-refractivity contribution in [1.29, 1.82) is 0 Å². The van der Waals surface area contributed by atoms with Gasteiger partial charge in [-0.3, -0.25) is 4.79 Å². The molecule has 0 fully saturated rings. The maximum Gasteiger partial charge on any atom is 0.225 e. The quantitative estimate of drug-likeness (QED) is 0.879. The molecule has 0 bridgehead atoms. The molecule has 0 spiro atoms. The fourth-order valence-electron chi connectivity index (χ4n) is 1.05. The smallest absolute Gasteiger partial charge is 0.225 e. The second-order valence-corrected chi connectivity index (χ2v) is 5.47. The first kappa shape index (κ1) is 12.2. The molecule has 0 saturated carbocycles. The number of carbonyl (C=O) groups excluding carboxylic acids is 1. The fourth-order valence-corrected chi connectivity index (χ4v) is 1.31. The molecule has 0 unspecified atom stereocenters. The molecule has 0 heterocycles. The van der Waals surface area contributed by atoms with E-state index >= 15 is 0 Å². The van der Waals surface area contributed by atoms with Crippen molar-refractivity contribution in [3.8, 4) is 0 Å². The summed E-state index contributed by atoms with van der Waals surface area (Å²) < 4.78 is 1.05. The lowest BCUT2D eigenvalue weighted by atomic mass is 9.95. The lowest BCUT2D eigenvalue weighted by Crippen LogP contribution is -2.34. The largest absolute Gasteiger partial charge is 0.352 e. The molecule has 82 valence electrons. The van der Waals surface area contributed by atoms with E-state index in [1.54, 1.807) is 0 Å². The summed E-state index contributed by atoms with van der Waals surface area (Å²) in [7, 11) is 0. The normalized spacial score (nSPS) is 11.2. The summed E-state index contributed by atoms with van der Waals surface area (Å²) >= 11 is 3.37. The molecule has 15 heavy (non-hydrogen) atoms. The number of nitrogens with one attached hydrogen (secondary N) is 1. The van der Waals surface area contributed by atoms with Crippen molar-refractivity contribution in [2.24, 2.45) is 5.41 Å². The minimum atomic E-state index is -0.324. The van der Waals surface area contributed by atoms with Crippen LogP contribution in [0.25, 0.3) is 0 Å². The molecule has 0 saturated heterocycles. The molecule has 0 atom stereocenters. The van der Waals surface area contributed by atoms with Gasteiger partial charge in [0.15, 0.2) is 0 Å². The molecule has 0 aliphatic rings. The summed E-state index contributed by atoms with van der Waals surface area (Å²) in [5.74, 6) is 0.0745. The highest BCUT2D eigenvalue weighted by molar-refractivity contribution is 9.10. The van der Waals surface area contributed by atoms with Crippen LogP contribution >= 0.6 is 15.9 Å². The van der Waals surface area contributed by atoms with Crippen LogP contribution < -0.4 is 5.32 Å². The zero-order valence-corrected chi connectivity index (χ0v) is 10.9. The van der Waals surface area contributed by atoms with E-state index in [1.807, 2.05) is 45.0 Å². The molecule has 1 aromatic rings. The topological polar surface area (TPSA) is 29.1 Å². The van der Waals surface area contributed by atoms with Gasteiger partial charge in [0.25, 0.3) is 0 Å². The molecule has 0 aliphatic heterocycles. The van der Waals surface area contributed by atoms with E-state index in [-0.39, 0.29) is 11.3 Å². The lowest BCUT2D eigenvalue weighted by Gasteiger charge is -2.17.